The standard InChI is InChI=1S/C19H22N2O4/c1-3-25-19(23)21-10-8-20(9-11-21)18(22)16-12-14-6-4-5-7-15(14)13-17(16)24-2/h4-7,12-13H,3,8-11H2,1-2H3. The molecule has 3 rings (SSSR count). The lowest BCUT2D eigenvalue weighted by atomic mass is 10.0. The average molecular weight is 342 g/mol. The fourth-order valence-electron chi connectivity index (χ4n) is 3.03. The van der Waals surface area contributed by atoms with Crippen molar-refractivity contribution >= 4 is 22.8 Å². The summed E-state index contributed by atoms with van der Waals surface area (Å²) in [6, 6.07) is 11.6. The highest BCUT2D eigenvalue weighted by atomic mass is 16.6. The topological polar surface area (TPSA) is 59.1 Å². The highest BCUT2D eigenvalue weighted by Crippen LogP contribution is 2.27. The summed E-state index contributed by atoms with van der Waals surface area (Å²) < 4.78 is 10.4. The molecule has 0 aromatic heterocycles. The molecule has 0 spiro atoms. The van der Waals surface area contributed by atoms with Crippen molar-refractivity contribution in [3.05, 3.63) is 42.0 Å². The second-order valence-electron chi connectivity index (χ2n) is 5.88. The fourth-order valence-corrected chi connectivity index (χ4v) is 3.03. The number of carbonyl (C=O) groups excluding carboxylic acids is 2. The van der Waals surface area contributed by atoms with E-state index in [4.69, 9.17) is 9.47 Å². The zero-order valence-electron chi connectivity index (χ0n) is 14.5. The molecule has 1 aliphatic heterocycles. The Labute approximate surface area is 146 Å². The Morgan fingerprint density at radius 2 is 1.60 bits per heavy atom. The van der Waals surface area contributed by atoms with Crippen molar-refractivity contribution in [1.29, 1.82) is 0 Å². The highest BCUT2D eigenvalue weighted by Gasteiger charge is 2.27. The first kappa shape index (κ1) is 17.1. The van der Waals surface area contributed by atoms with E-state index in [2.05, 4.69) is 0 Å². The number of carbonyl (C=O) groups is 2. The van der Waals surface area contributed by atoms with E-state index in [1.54, 1.807) is 23.8 Å². The van der Waals surface area contributed by atoms with Gasteiger partial charge in [-0.1, -0.05) is 24.3 Å². The second-order valence-corrected chi connectivity index (χ2v) is 5.88. The van der Waals surface area contributed by atoms with Gasteiger partial charge < -0.3 is 19.3 Å². The molecule has 1 fully saturated rings. The molecule has 25 heavy (non-hydrogen) atoms. The van der Waals surface area contributed by atoms with Gasteiger partial charge in [0.25, 0.3) is 5.91 Å². The molecule has 0 unspecified atom stereocenters. The number of rotatable bonds is 3. The van der Waals surface area contributed by atoms with Crippen LogP contribution in [0.1, 0.15) is 17.3 Å². The van der Waals surface area contributed by atoms with Crippen molar-refractivity contribution in [2.24, 2.45) is 0 Å². The number of methoxy groups -OCH3 is 1. The normalized spacial score (nSPS) is 14.5. The van der Waals surface area contributed by atoms with Crippen LogP contribution in [0.2, 0.25) is 0 Å². The molecule has 2 amide bonds. The molecule has 0 saturated carbocycles. The van der Waals surface area contributed by atoms with Crippen molar-refractivity contribution in [2.75, 3.05) is 39.9 Å². The number of ether oxygens (including phenoxy) is 2. The van der Waals surface area contributed by atoms with Gasteiger partial charge in [-0.25, -0.2) is 4.79 Å². The number of amides is 2. The van der Waals surface area contributed by atoms with Crippen LogP contribution in [0, 0.1) is 0 Å². The molecule has 2 aromatic carbocycles. The molecule has 0 atom stereocenters. The summed E-state index contributed by atoms with van der Waals surface area (Å²) in [5.74, 6) is 0.489. The van der Waals surface area contributed by atoms with Gasteiger partial charge in [0.1, 0.15) is 5.75 Å². The van der Waals surface area contributed by atoms with Gasteiger partial charge in [-0.15, -0.1) is 0 Å². The lowest BCUT2D eigenvalue weighted by Gasteiger charge is -2.34. The SMILES string of the molecule is CCOC(=O)N1CCN(C(=O)c2cc3ccccc3cc2OC)CC1. The van der Waals surface area contributed by atoms with Gasteiger partial charge in [-0.3, -0.25) is 4.79 Å². The molecule has 0 bridgehead atoms. The molecule has 6 heteroatoms. The first-order valence-electron chi connectivity index (χ1n) is 8.41. The van der Waals surface area contributed by atoms with Crippen molar-refractivity contribution in [3.63, 3.8) is 0 Å². The minimum Gasteiger partial charge on any atom is -0.496 e. The van der Waals surface area contributed by atoms with E-state index < -0.39 is 0 Å². The Bertz CT molecular complexity index is 782. The van der Waals surface area contributed by atoms with E-state index in [1.807, 2.05) is 36.4 Å². The Balaban J connectivity index is 1.77. The van der Waals surface area contributed by atoms with E-state index >= 15 is 0 Å². The number of benzene rings is 2. The Hall–Kier alpha value is -2.76. The molecule has 0 N–H and O–H groups in total. The van der Waals surface area contributed by atoms with Crippen LogP contribution in [0.3, 0.4) is 0 Å². The summed E-state index contributed by atoms with van der Waals surface area (Å²) in [7, 11) is 1.57. The van der Waals surface area contributed by atoms with Crippen LogP contribution in [0.25, 0.3) is 10.8 Å². The van der Waals surface area contributed by atoms with Crippen molar-refractivity contribution < 1.29 is 19.1 Å². The average Bonchev–Trinajstić information content (AvgIpc) is 2.66. The van der Waals surface area contributed by atoms with Crippen LogP contribution >= 0.6 is 0 Å². The molecule has 132 valence electrons. The monoisotopic (exact) mass is 342 g/mol. The molecule has 1 heterocycles. The lowest BCUT2D eigenvalue weighted by Crippen LogP contribution is -2.50. The molecule has 0 aliphatic carbocycles. The maximum atomic E-state index is 12.9. The van der Waals surface area contributed by atoms with Gasteiger partial charge in [0, 0.05) is 26.2 Å². The number of hydrogen-bond acceptors (Lipinski definition) is 4. The Morgan fingerprint density at radius 3 is 2.20 bits per heavy atom. The fraction of sp³-hybridized carbons (Fsp3) is 0.368. The maximum Gasteiger partial charge on any atom is 0.409 e. The van der Waals surface area contributed by atoms with Crippen LogP contribution in [-0.2, 0) is 4.74 Å². The zero-order chi connectivity index (χ0) is 17.8. The molecule has 1 saturated heterocycles. The Morgan fingerprint density at radius 1 is 1.00 bits per heavy atom. The summed E-state index contributed by atoms with van der Waals surface area (Å²) in [4.78, 5) is 28.1. The van der Waals surface area contributed by atoms with Gasteiger partial charge in [0.15, 0.2) is 0 Å². The zero-order valence-corrected chi connectivity index (χ0v) is 14.5. The first-order valence-corrected chi connectivity index (χ1v) is 8.41. The third-order valence-corrected chi connectivity index (χ3v) is 4.39. The van der Waals surface area contributed by atoms with E-state index in [9.17, 15) is 9.59 Å². The van der Waals surface area contributed by atoms with Crippen molar-refractivity contribution in [3.8, 4) is 5.75 Å². The van der Waals surface area contributed by atoms with Crippen LogP contribution in [0.15, 0.2) is 36.4 Å². The van der Waals surface area contributed by atoms with Crippen LogP contribution in [0.5, 0.6) is 5.75 Å². The predicted octanol–water partition coefficient (Wildman–Crippen LogP) is 2.76. The van der Waals surface area contributed by atoms with Gasteiger partial charge in [0.05, 0.1) is 19.3 Å². The largest absolute Gasteiger partial charge is 0.496 e. The second kappa shape index (κ2) is 7.42. The summed E-state index contributed by atoms with van der Waals surface area (Å²) in [6.07, 6.45) is -0.321. The van der Waals surface area contributed by atoms with E-state index in [0.29, 0.717) is 44.1 Å². The van der Waals surface area contributed by atoms with Crippen LogP contribution in [-0.4, -0.2) is 61.7 Å². The van der Waals surface area contributed by atoms with E-state index in [0.717, 1.165) is 10.8 Å². The van der Waals surface area contributed by atoms with Crippen LogP contribution in [0.4, 0.5) is 4.79 Å². The lowest BCUT2D eigenvalue weighted by molar-refractivity contribution is 0.0568. The molecule has 2 aromatic rings. The first-order chi connectivity index (χ1) is 12.1. The number of nitrogens with zero attached hydrogens (tertiary/aromatic N) is 2. The van der Waals surface area contributed by atoms with Crippen molar-refractivity contribution in [2.45, 2.75) is 6.92 Å². The summed E-state index contributed by atoms with van der Waals surface area (Å²) in [5, 5.41) is 2.03. The van der Waals surface area contributed by atoms with Gasteiger partial charge in [0.2, 0.25) is 0 Å². The third-order valence-electron chi connectivity index (χ3n) is 4.39. The van der Waals surface area contributed by atoms with Gasteiger partial charge in [-0.05, 0) is 29.8 Å². The summed E-state index contributed by atoms with van der Waals surface area (Å²) in [6.45, 7) is 4.04. The van der Waals surface area contributed by atoms with E-state index in [1.165, 1.54) is 0 Å². The van der Waals surface area contributed by atoms with Gasteiger partial charge >= 0.3 is 6.09 Å². The molecular formula is C19H22N2O4. The molecule has 0 radical (unpaired) electrons. The smallest absolute Gasteiger partial charge is 0.409 e. The predicted molar refractivity (Wildman–Crippen MR) is 95.0 cm³/mol. The van der Waals surface area contributed by atoms with E-state index in [-0.39, 0.29) is 12.0 Å². The molecular weight excluding hydrogens is 320 g/mol. The molecule has 1 aliphatic rings. The number of fused-ring (bicyclic) bond motifs is 1. The third kappa shape index (κ3) is 3.52. The number of piperazine rings is 1. The maximum absolute atomic E-state index is 12.9. The minimum absolute atomic E-state index is 0.0777. The van der Waals surface area contributed by atoms with Gasteiger partial charge in [-0.2, -0.15) is 0 Å². The Kier molecular flexibility index (Phi) is 5.07. The summed E-state index contributed by atoms with van der Waals surface area (Å²) >= 11 is 0. The number of hydrogen-bond donors (Lipinski definition) is 0. The highest BCUT2D eigenvalue weighted by molar-refractivity contribution is 6.01. The molecule has 6 nitrogen and oxygen atoms in total. The van der Waals surface area contributed by atoms with Crippen LogP contribution < -0.4 is 4.74 Å². The summed E-state index contributed by atoms with van der Waals surface area (Å²) in [5.41, 5.74) is 0.547. The van der Waals surface area contributed by atoms with Crippen molar-refractivity contribution in [1.82, 2.24) is 9.80 Å². The quantitative estimate of drug-likeness (QED) is 0.861. The minimum atomic E-state index is -0.321.